The van der Waals surface area contributed by atoms with Crippen LogP contribution in [0.4, 0.5) is 0 Å². The highest BCUT2D eigenvalue weighted by molar-refractivity contribution is 8.18. The number of hydrogen-bond acceptors (Lipinski definition) is 3. The summed E-state index contributed by atoms with van der Waals surface area (Å²) in [4.78, 5) is 0. The van der Waals surface area contributed by atoms with Crippen molar-refractivity contribution in [3.05, 3.63) is 54.1 Å². The quantitative estimate of drug-likeness (QED) is 0.564. The molecule has 2 aromatic rings. The summed E-state index contributed by atoms with van der Waals surface area (Å²) >= 11 is 4.22. The second-order valence-corrected chi connectivity index (χ2v) is 9.58. The maximum atomic E-state index is 9.02. The van der Waals surface area contributed by atoms with Crippen LogP contribution >= 0.6 is 23.5 Å². The van der Waals surface area contributed by atoms with Crippen LogP contribution in [0.1, 0.15) is 37.7 Å². The number of benzene rings is 2. The largest absolute Gasteiger partial charge is 0.396 e. The van der Waals surface area contributed by atoms with Gasteiger partial charge in [0.1, 0.15) is 7.85 Å². The molecule has 0 amide bonds. The first-order chi connectivity index (χ1) is 12.2. The number of aliphatic hydroxyl groups excluding tert-OH is 1. The first-order valence-corrected chi connectivity index (χ1v) is 11.1. The topological polar surface area (TPSA) is 20.2 Å². The Hall–Kier alpha value is -0.835. The zero-order valence-electron chi connectivity index (χ0n) is 14.6. The molecule has 1 aliphatic rings. The van der Waals surface area contributed by atoms with Crippen molar-refractivity contribution in [1.82, 2.24) is 0 Å². The van der Waals surface area contributed by atoms with Crippen molar-refractivity contribution in [1.29, 1.82) is 0 Å². The van der Waals surface area contributed by atoms with Crippen LogP contribution in [-0.2, 0) is 4.08 Å². The molecule has 1 fully saturated rings. The molecule has 0 unspecified atom stereocenters. The molecule has 1 nitrogen and oxygen atoms in total. The third-order valence-electron chi connectivity index (χ3n) is 4.69. The molecule has 1 N–H and O–H groups in total. The highest BCUT2D eigenvalue weighted by Crippen LogP contribution is 2.53. The maximum absolute atomic E-state index is 9.02. The minimum Gasteiger partial charge on any atom is -0.396 e. The second kappa shape index (κ2) is 9.20. The van der Waals surface area contributed by atoms with E-state index in [1.54, 1.807) is 0 Å². The van der Waals surface area contributed by atoms with Gasteiger partial charge in [-0.25, -0.2) is 0 Å². The van der Waals surface area contributed by atoms with Crippen molar-refractivity contribution in [3.63, 3.8) is 0 Å². The molecule has 1 heterocycles. The smallest absolute Gasteiger partial charge is 0.113 e. The molecule has 25 heavy (non-hydrogen) atoms. The molecule has 0 saturated carbocycles. The van der Waals surface area contributed by atoms with Crippen molar-refractivity contribution in [2.45, 2.75) is 36.2 Å². The summed E-state index contributed by atoms with van der Waals surface area (Å²) in [6.45, 7) is 0.309. The lowest BCUT2D eigenvalue weighted by Gasteiger charge is -2.37. The monoisotopic (exact) mass is 368 g/mol. The van der Waals surface area contributed by atoms with Gasteiger partial charge in [0.15, 0.2) is 0 Å². The SMILES string of the molecule is [B]c1ccc(-c2ccc(C3(CCCCCO)SCCCS3)cc2)cc1. The van der Waals surface area contributed by atoms with Gasteiger partial charge in [-0.2, -0.15) is 0 Å². The van der Waals surface area contributed by atoms with Gasteiger partial charge in [-0.1, -0.05) is 66.8 Å². The first kappa shape index (κ1) is 18.9. The normalized spacial score (nSPS) is 16.7. The molecule has 1 saturated heterocycles. The van der Waals surface area contributed by atoms with E-state index in [-0.39, 0.29) is 4.08 Å². The molecule has 4 heteroatoms. The molecular formula is C21H25BOS2. The van der Waals surface area contributed by atoms with Crippen LogP contribution < -0.4 is 5.46 Å². The molecule has 3 rings (SSSR count). The molecular weight excluding hydrogens is 343 g/mol. The molecule has 0 atom stereocenters. The van der Waals surface area contributed by atoms with Gasteiger partial charge in [-0.15, -0.1) is 23.5 Å². The Morgan fingerprint density at radius 2 is 1.44 bits per heavy atom. The Morgan fingerprint density at radius 1 is 0.840 bits per heavy atom. The van der Waals surface area contributed by atoms with E-state index in [4.69, 9.17) is 13.0 Å². The summed E-state index contributed by atoms with van der Waals surface area (Å²) in [6, 6.07) is 17.2. The van der Waals surface area contributed by atoms with E-state index >= 15 is 0 Å². The standard InChI is InChI=1S/C21H25BOS2/c22-20-11-7-18(8-12-20)17-5-9-19(10-6-17)21(13-2-1-3-14-23)24-15-4-16-25-21/h5-12,23H,1-4,13-16H2. The van der Waals surface area contributed by atoms with Gasteiger partial charge in [0.25, 0.3) is 0 Å². The average molecular weight is 368 g/mol. The van der Waals surface area contributed by atoms with E-state index < -0.39 is 0 Å². The lowest BCUT2D eigenvalue weighted by atomic mass is 9.93. The van der Waals surface area contributed by atoms with Crippen molar-refractivity contribution < 1.29 is 5.11 Å². The highest BCUT2D eigenvalue weighted by atomic mass is 32.2. The summed E-state index contributed by atoms with van der Waals surface area (Å²) in [6.07, 6.45) is 5.70. The average Bonchev–Trinajstić information content (AvgIpc) is 2.67. The highest BCUT2D eigenvalue weighted by Gasteiger charge is 2.34. The number of aliphatic hydroxyl groups is 1. The third kappa shape index (κ3) is 4.87. The summed E-state index contributed by atoms with van der Waals surface area (Å²) in [5.74, 6) is 2.49. The van der Waals surface area contributed by atoms with Crippen molar-refractivity contribution in [3.8, 4) is 11.1 Å². The molecule has 1 aliphatic heterocycles. The zero-order valence-corrected chi connectivity index (χ0v) is 16.2. The fourth-order valence-corrected chi connectivity index (χ4v) is 6.70. The Bertz CT molecular complexity index is 649. The lowest BCUT2D eigenvalue weighted by Crippen LogP contribution is -2.22. The molecule has 2 radical (unpaired) electrons. The Balaban J connectivity index is 1.77. The molecule has 2 aromatic carbocycles. The summed E-state index contributed by atoms with van der Waals surface area (Å²) < 4.78 is 0.188. The van der Waals surface area contributed by atoms with E-state index in [0.29, 0.717) is 6.61 Å². The minimum atomic E-state index is 0.188. The second-order valence-electron chi connectivity index (χ2n) is 6.54. The summed E-state index contributed by atoms with van der Waals surface area (Å²) in [7, 11) is 5.79. The first-order valence-electron chi connectivity index (χ1n) is 9.09. The maximum Gasteiger partial charge on any atom is 0.113 e. The Morgan fingerprint density at radius 3 is 2.04 bits per heavy atom. The zero-order chi connectivity index (χ0) is 17.5. The van der Waals surface area contributed by atoms with Gasteiger partial charge in [-0.3, -0.25) is 0 Å². The predicted molar refractivity (Wildman–Crippen MR) is 114 cm³/mol. The van der Waals surface area contributed by atoms with Crippen molar-refractivity contribution >= 4 is 36.8 Å². The van der Waals surface area contributed by atoms with Gasteiger partial charge >= 0.3 is 0 Å². The summed E-state index contributed by atoms with van der Waals surface area (Å²) in [5.41, 5.74) is 4.69. The minimum absolute atomic E-state index is 0.188. The van der Waals surface area contributed by atoms with Crippen LogP contribution in [0.5, 0.6) is 0 Å². The van der Waals surface area contributed by atoms with Gasteiger partial charge in [0.2, 0.25) is 0 Å². The van der Waals surface area contributed by atoms with E-state index in [2.05, 4.69) is 59.9 Å². The van der Waals surface area contributed by atoms with Gasteiger partial charge in [-0.05, 0) is 47.5 Å². The van der Waals surface area contributed by atoms with Crippen LogP contribution in [-0.4, -0.2) is 31.1 Å². The van der Waals surface area contributed by atoms with E-state index in [9.17, 15) is 0 Å². The third-order valence-corrected chi connectivity index (χ3v) is 8.20. The van der Waals surface area contributed by atoms with Crippen molar-refractivity contribution in [2.75, 3.05) is 18.1 Å². The Kier molecular flexibility index (Phi) is 6.97. The van der Waals surface area contributed by atoms with E-state index in [1.165, 1.54) is 47.5 Å². The molecule has 0 bridgehead atoms. The van der Waals surface area contributed by atoms with Crippen LogP contribution in [0.15, 0.2) is 48.5 Å². The number of rotatable bonds is 7. The summed E-state index contributed by atoms with van der Waals surface area (Å²) in [5, 5.41) is 9.02. The van der Waals surface area contributed by atoms with E-state index in [0.717, 1.165) is 18.3 Å². The lowest BCUT2D eigenvalue weighted by molar-refractivity contribution is 0.282. The van der Waals surface area contributed by atoms with E-state index in [1.807, 2.05) is 12.1 Å². The number of hydrogen-bond donors (Lipinski definition) is 1. The predicted octanol–water partition coefficient (Wildman–Crippen LogP) is 4.72. The van der Waals surface area contributed by atoms with Crippen LogP contribution in [0.3, 0.4) is 0 Å². The fraction of sp³-hybridized carbons (Fsp3) is 0.429. The molecule has 0 aliphatic carbocycles. The number of unbranched alkanes of at least 4 members (excludes halogenated alkanes) is 2. The Labute approximate surface area is 161 Å². The van der Waals surface area contributed by atoms with Crippen molar-refractivity contribution in [2.24, 2.45) is 0 Å². The van der Waals surface area contributed by atoms with Crippen LogP contribution in [0.25, 0.3) is 11.1 Å². The molecule has 0 aromatic heterocycles. The van der Waals surface area contributed by atoms with Gasteiger partial charge in [0.05, 0.1) is 4.08 Å². The van der Waals surface area contributed by atoms with Crippen LogP contribution in [0, 0.1) is 0 Å². The van der Waals surface area contributed by atoms with Gasteiger partial charge < -0.3 is 5.11 Å². The van der Waals surface area contributed by atoms with Gasteiger partial charge in [0, 0.05) is 6.61 Å². The number of thioether (sulfide) groups is 2. The van der Waals surface area contributed by atoms with Crippen LogP contribution in [0.2, 0.25) is 0 Å². The molecule has 0 spiro atoms. The fourth-order valence-electron chi connectivity index (χ4n) is 3.27. The molecule has 130 valence electrons.